The summed E-state index contributed by atoms with van der Waals surface area (Å²) in [5, 5.41) is 14.3. The maximum Gasteiger partial charge on any atom is 0.137 e. The van der Waals surface area contributed by atoms with Crippen molar-refractivity contribution in [2.75, 3.05) is 13.1 Å². The van der Waals surface area contributed by atoms with Gasteiger partial charge in [-0.3, -0.25) is 9.58 Å². The summed E-state index contributed by atoms with van der Waals surface area (Å²) in [5.74, 6) is -1.35. The molecule has 5 nitrogen and oxygen atoms in total. The van der Waals surface area contributed by atoms with Crippen LogP contribution in [0.2, 0.25) is 0 Å². The third-order valence-electron chi connectivity index (χ3n) is 4.09. The molecule has 1 aliphatic heterocycles. The molecule has 0 radical (unpaired) electrons. The van der Waals surface area contributed by atoms with Gasteiger partial charge in [-0.05, 0) is 25.5 Å². The molecule has 2 heterocycles. The van der Waals surface area contributed by atoms with E-state index in [1.165, 1.54) is 18.5 Å². The molecule has 0 aliphatic carbocycles. The highest BCUT2D eigenvalue weighted by Gasteiger charge is 2.28. The average Bonchev–Trinajstić information content (AvgIpc) is 3.12. The third-order valence-corrected chi connectivity index (χ3v) is 4.09. The van der Waals surface area contributed by atoms with Gasteiger partial charge >= 0.3 is 0 Å². The van der Waals surface area contributed by atoms with Gasteiger partial charge in [-0.15, -0.1) is 0 Å². The van der Waals surface area contributed by atoms with Crippen LogP contribution in [0.15, 0.2) is 30.9 Å². The quantitative estimate of drug-likeness (QED) is 0.914. The predicted molar refractivity (Wildman–Crippen MR) is 75.9 cm³/mol. The first kappa shape index (κ1) is 15.1. The van der Waals surface area contributed by atoms with Gasteiger partial charge in [0.2, 0.25) is 0 Å². The van der Waals surface area contributed by atoms with Crippen molar-refractivity contribution < 1.29 is 13.9 Å². The van der Waals surface area contributed by atoms with E-state index in [9.17, 15) is 13.9 Å². The van der Waals surface area contributed by atoms with Crippen molar-refractivity contribution in [3.63, 3.8) is 0 Å². The first-order valence-electron chi connectivity index (χ1n) is 7.33. The Morgan fingerprint density at radius 2 is 2.23 bits per heavy atom. The highest BCUT2D eigenvalue weighted by Crippen LogP contribution is 2.24. The summed E-state index contributed by atoms with van der Waals surface area (Å²) in [5.41, 5.74) is 0.132. The minimum Gasteiger partial charge on any atom is -0.387 e. The minimum absolute atomic E-state index is 0.132. The normalized spacial score (nSPS) is 20.4. The molecule has 118 valence electrons. The van der Waals surface area contributed by atoms with E-state index in [-0.39, 0.29) is 11.6 Å². The lowest BCUT2D eigenvalue weighted by molar-refractivity contribution is 0.0977. The Morgan fingerprint density at radius 3 is 2.95 bits per heavy atom. The number of aliphatic hydroxyl groups excluding tert-OH is 1. The number of aromatic nitrogens is 3. The Morgan fingerprint density at radius 1 is 1.36 bits per heavy atom. The number of rotatable bonds is 5. The van der Waals surface area contributed by atoms with Crippen LogP contribution >= 0.6 is 0 Å². The van der Waals surface area contributed by atoms with Crippen molar-refractivity contribution in [2.24, 2.45) is 0 Å². The first-order chi connectivity index (χ1) is 10.6. The molecule has 0 spiro atoms. The van der Waals surface area contributed by atoms with Gasteiger partial charge in [0, 0.05) is 24.2 Å². The molecule has 7 heteroatoms. The van der Waals surface area contributed by atoms with Crippen LogP contribution in [-0.2, 0) is 6.54 Å². The van der Waals surface area contributed by atoms with Gasteiger partial charge in [0.15, 0.2) is 0 Å². The summed E-state index contributed by atoms with van der Waals surface area (Å²) in [6, 6.07) is 3.51. The Hall–Kier alpha value is -1.86. The SMILES string of the molecule is OC(CN1CCCC1Cn1cncn1)c1ccc(F)cc1F. The van der Waals surface area contributed by atoms with Gasteiger partial charge in [-0.1, -0.05) is 6.07 Å². The van der Waals surface area contributed by atoms with Crippen molar-refractivity contribution >= 4 is 0 Å². The summed E-state index contributed by atoms with van der Waals surface area (Å²) < 4.78 is 28.4. The van der Waals surface area contributed by atoms with E-state index in [2.05, 4.69) is 15.0 Å². The van der Waals surface area contributed by atoms with Crippen LogP contribution in [0.4, 0.5) is 8.78 Å². The minimum atomic E-state index is -0.975. The first-order valence-corrected chi connectivity index (χ1v) is 7.33. The van der Waals surface area contributed by atoms with Gasteiger partial charge in [0.05, 0.1) is 12.6 Å². The van der Waals surface area contributed by atoms with E-state index in [0.717, 1.165) is 25.5 Å². The van der Waals surface area contributed by atoms with Gasteiger partial charge < -0.3 is 5.11 Å². The van der Waals surface area contributed by atoms with Crippen LogP contribution in [0, 0.1) is 11.6 Å². The van der Waals surface area contributed by atoms with Gasteiger partial charge in [-0.25, -0.2) is 13.8 Å². The number of nitrogens with zero attached hydrogens (tertiary/aromatic N) is 4. The zero-order valence-corrected chi connectivity index (χ0v) is 12.1. The number of β-amino-alcohol motifs (C(OH)–C–C–N with tert-alkyl or cyclic N) is 1. The molecule has 1 N–H and O–H groups in total. The van der Waals surface area contributed by atoms with Crippen molar-refractivity contribution in [1.29, 1.82) is 0 Å². The Kier molecular flexibility index (Phi) is 4.44. The number of benzene rings is 1. The van der Waals surface area contributed by atoms with Crippen molar-refractivity contribution in [1.82, 2.24) is 19.7 Å². The van der Waals surface area contributed by atoms with E-state index in [0.29, 0.717) is 13.1 Å². The summed E-state index contributed by atoms with van der Waals surface area (Å²) in [4.78, 5) is 6.04. The summed E-state index contributed by atoms with van der Waals surface area (Å²) in [6.45, 7) is 1.86. The molecule has 1 aromatic carbocycles. The van der Waals surface area contributed by atoms with E-state index in [1.807, 2.05) is 0 Å². The van der Waals surface area contributed by atoms with Crippen LogP contribution in [0.5, 0.6) is 0 Å². The van der Waals surface area contributed by atoms with Crippen LogP contribution in [0.25, 0.3) is 0 Å². The largest absolute Gasteiger partial charge is 0.387 e. The Bertz CT molecular complexity index is 620. The highest BCUT2D eigenvalue weighted by atomic mass is 19.1. The molecule has 2 aromatic rings. The second-order valence-electron chi connectivity index (χ2n) is 5.59. The summed E-state index contributed by atoms with van der Waals surface area (Å²) in [6.07, 6.45) is 4.20. The molecule has 1 aliphatic rings. The lowest BCUT2D eigenvalue weighted by atomic mass is 10.1. The number of hydrogen-bond donors (Lipinski definition) is 1. The number of likely N-dealkylation sites (tertiary alicyclic amines) is 1. The van der Waals surface area contributed by atoms with E-state index in [1.54, 1.807) is 11.0 Å². The fourth-order valence-corrected chi connectivity index (χ4v) is 2.98. The number of halogens is 2. The van der Waals surface area contributed by atoms with E-state index < -0.39 is 17.7 Å². The second-order valence-corrected chi connectivity index (χ2v) is 5.59. The van der Waals surface area contributed by atoms with Crippen molar-refractivity contribution in [2.45, 2.75) is 31.5 Å². The maximum atomic E-state index is 13.7. The fraction of sp³-hybridized carbons (Fsp3) is 0.467. The fourth-order valence-electron chi connectivity index (χ4n) is 2.98. The lowest BCUT2D eigenvalue weighted by Gasteiger charge is -2.27. The molecule has 2 unspecified atom stereocenters. The molecule has 0 saturated carbocycles. The molecule has 1 saturated heterocycles. The molecule has 0 amide bonds. The summed E-state index contributed by atoms with van der Waals surface area (Å²) >= 11 is 0. The zero-order valence-electron chi connectivity index (χ0n) is 12.1. The zero-order chi connectivity index (χ0) is 15.5. The smallest absolute Gasteiger partial charge is 0.137 e. The molecule has 1 fully saturated rings. The molecular formula is C15H18F2N4O. The average molecular weight is 308 g/mol. The second kappa shape index (κ2) is 6.50. The van der Waals surface area contributed by atoms with Crippen LogP contribution in [-0.4, -0.2) is 43.9 Å². The van der Waals surface area contributed by atoms with E-state index in [4.69, 9.17) is 0 Å². The van der Waals surface area contributed by atoms with Crippen molar-refractivity contribution in [3.05, 3.63) is 48.1 Å². The van der Waals surface area contributed by atoms with Crippen LogP contribution in [0.1, 0.15) is 24.5 Å². The topological polar surface area (TPSA) is 54.2 Å². The summed E-state index contributed by atoms with van der Waals surface area (Å²) in [7, 11) is 0. The van der Waals surface area contributed by atoms with Gasteiger partial charge in [-0.2, -0.15) is 5.10 Å². The predicted octanol–water partition coefficient (Wildman–Crippen LogP) is 1.75. The molecule has 1 aromatic heterocycles. The third kappa shape index (κ3) is 3.31. The lowest BCUT2D eigenvalue weighted by Crippen LogP contribution is -2.36. The molecule has 3 rings (SSSR count). The van der Waals surface area contributed by atoms with E-state index >= 15 is 0 Å². The maximum absolute atomic E-state index is 13.7. The molecular weight excluding hydrogens is 290 g/mol. The molecule has 22 heavy (non-hydrogen) atoms. The Labute approximate surface area is 127 Å². The molecule has 0 bridgehead atoms. The standard InChI is InChI=1S/C15H18F2N4O/c16-11-3-4-13(14(17)6-11)15(22)8-20-5-1-2-12(20)7-21-10-18-9-19-21/h3-4,6,9-10,12,15,22H,1-2,5,7-8H2. The number of aliphatic hydroxyl groups is 1. The molecule has 2 atom stereocenters. The van der Waals surface area contributed by atoms with Crippen molar-refractivity contribution in [3.8, 4) is 0 Å². The van der Waals surface area contributed by atoms with Crippen LogP contribution in [0.3, 0.4) is 0 Å². The highest BCUT2D eigenvalue weighted by molar-refractivity contribution is 5.21. The van der Waals surface area contributed by atoms with Gasteiger partial charge in [0.1, 0.15) is 24.3 Å². The Balaban J connectivity index is 1.65. The monoisotopic (exact) mass is 308 g/mol. The van der Waals surface area contributed by atoms with Crippen LogP contribution < -0.4 is 0 Å². The van der Waals surface area contributed by atoms with Gasteiger partial charge in [0.25, 0.3) is 0 Å². The number of hydrogen-bond acceptors (Lipinski definition) is 4.